The molecule has 0 radical (unpaired) electrons. The maximum absolute atomic E-state index is 4.48. The van der Waals surface area contributed by atoms with Crippen molar-refractivity contribution in [2.45, 2.75) is 125 Å². The molecule has 0 N–H and O–H groups in total. The third-order valence-corrected chi connectivity index (χ3v) is 50.5. The van der Waals surface area contributed by atoms with E-state index in [-0.39, 0.29) is 0 Å². The molecule has 0 saturated carbocycles. The molecule has 2 aliphatic rings. The molecule has 0 nitrogen and oxygen atoms in total. The Kier molecular flexibility index (Phi) is 8.77. The monoisotopic (exact) mass is 646 g/mol. The second kappa shape index (κ2) is 9.47. The van der Waals surface area contributed by atoms with Crippen molar-refractivity contribution >= 4 is 59.6 Å². The van der Waals surface area contributed by atoms with Gasteiger partial charge in [0.15, 0.2) is 0 Å². The molecule has 2 fully saturated rings. The van der Waals surface area contributed by atoms with Gasteiger partial charge < -0.3 is 0 Å². The first kappa shape index (κ1) is 26.9. The van der Waals surface area contributed by atoms with Crippen LogP contribution in [0.2, 0.25) is 86.0 Å². The molecule has 2 aliphatic heterocycles. The molecule has 0 aromatic rings. The first-order chi connectivity index (χ1) is 12.9. The molecule has 5 heteroatoms. The quantitative estimate of drug-likeness (QED) is 0.200. The molecule has 0 spiro atoms. The van der Waals surface area contributed by atoms with E-state index in [1.54, 1.807) is 0 Å². The van der Waals surface area contributed by atoms with E-state index in [4.69, 9.17) is 0 Å². The number of allylic oxidation sites excluding steroid dienone is 1. The van der Waals surface area contributed by atoms with Crippen LogP contribution in [0.1, 0.15) is 38.5 Å². The summed E-state index contributed by atoms with van der Waals surface area (Å²) in [5, 5.41) is 1.91. The van der Waals surface area contributed by atoms with Gasteiger partial charge in [-0.3, -0.25) is 0 Å². The van der Waals surface area contributed by atoms with Gasteiger partial charge in [0.2, 0.25) is 0 Å². The van der Waals surface area contributed by atoms with Gasteiger partial charge >= 0.3 is 197 Å². The minimum absolute atomic E-state index is 0.891. The van der Waals surface area contributed by atoms with Crippen LogP contribution in [0.15, 0.2) is 12.5 Å². The minimum atomic E-state index is -2.15. The predicted molar refractivity (Wildman–Crippen MR) is 149 cm³/mol. The second-order valence-electron chi connectivity index (χ2n) is 14.5. The fourth-order valence-electron chi connectivity index (χ4n) is 6.84. The van der Waals surface area contributed by atoms with E-state index in [9.17, 15) is 0 Å². The molecular weight excluding hydrogens is 593 g/mol. The SMILES string of the molecule is C[Si](C)(C)C(=C=[C]([Sn]([CH3])([CH3])[CH3])[Sn]([CH3])([CH3])[CH3])[C@H](B1C2CCCC1CCC2)[Si](C)(C)C. The Morgan fingerprint density at radius 1 is 0.759 bits per heavy atom. The third-order valence-electron chi connectivity index (χ3n) is 7.58. The summed E-state index contributed by atoms with van der Waals surface area (Å²) in [4.78, 5) is 16.0. The molecule has 29 heavy (non-hydrogen) atoms. The zero-order valence-electron chi connectivity index (χ0n) is 22.1. The molecule has 1 atom stereocenters. The van der Waals surface area contributed by atoms with Crippen LogP contribution >= 0.6 is 0 Å². The van der Waals surface area contributed by atoms with Gasteiger partial charge in [0.05, 0.1) is 0 Å². The van der Waals surface area contributed by atoms with Crippen molar-refractivity contribution in [1.82, 2.24) is 0 Å². The Morgan fingerprint density at radius 3 is 1.41 bits per heavy atom. The van der Waals surface area contributed by atoms with Gasteiger partial charge in [0.25, 0.3) is 0 Å². The third kappa shape index (κ3) is 6.80. The van der Waals surface area contributed by atoms with Crippen LogP contribution in [-0.2, 0) is 0 Å². The molecular formula is C24H51BSi2Sn2. The van der Waals surface area contributed by atoms with Crippen LogP contribution in [-0.4, -0.2) is 59.6 Å². The Labute approximate surface area is 195 Å². The summed E-state index contributed by atoms with van der Waals surface area (Å²) in [7, 11) is -2.75. The average Bonchev–Trinajstić information content (AvgIpc) is 2.45. The van der Waals surface area contributed by atoms with Crippen molar-refractivity contribution in [3.05, 3.63) is 12.5 Å². The average molecular weight is 644 g/mol. The molecule has 0 amide bonds. The number of rotatable bonds is 6. The van der Waals surface area contributed by atoms with Crippen molar-refractivity contribution in [3.8, 4) is 0 Å². The summed E-state index contributed by atoms with van der Waals surface area (Å²) in [5.74, 6) is 2.04. The van der Waals surface area contributed by atoms with E-state index < -0.39 is 52.9 Å². The van der Waals surface area contributed by atoms with Gasteiger partial charge in [0.1, 0.15) is 0 Å². The van der Waals surface area contributed by atoms with Crippen LogP contribution in [0, 0.1) is 0 Å². The Hall–Kier alpha value is 1.62. The molecule has 0 unspecified atom stereocenters. The van der Waals surface area contributed by atoms with Gasteiger partial charge in [-0.15, -0.1) is 0 Å². The molecule has 2 heterocycles. The van der Waals surface area contributed by atoms with Crippen molar-refractivity contribution in [3.63, 3.8) is 0 Å². The molecule has 0 aliphatic carbocycles. The van der Waals surface area contributed by atoms with Gasteiger partial charge in [0, 0.05) is 0 Å². The summed E-state index contributed by atoms with van der Waals surface area (Å²) in [5.41, 5.74) is 5.37. The van der Waals surface area contributed by atoms with Crippen molar-refractivity contribution in [2.24, 2.45) is 0 Å². The van der Waals surface area contributed by atoms with Gasteiger partial charge in [-0.25, -0.2) is 0 Å². The standard InChI is InChI=1S/C18H33BSi2.6CH3.2Sn/c1-8-17(20(2,3)4)18(21(5,6)7)19-15-11-9-12-16(19)14-10-13-15;;;;;;;;/h15-16,18H,9-14H2,2-7H3;6*1H3;;/t15?,16?,18-;;;;;;;;/m1......../s1. The summed E-state index contributed by atoms with van der Waals surface area (Å²) >= 11 is -4.30. The zero-order valence-corrected chi connectivity index (χ0v) is 29.8. The molecule has 2 bridgehead atoms. The topological polar surface area (TPSA) is 0 Å². The van der Waals surface area contributed by atoms with Crippen LogP contribution in [0.25, 0.3) is 0 Å². The Bertz CT molecular complexity index is 614. The van der Waals surface area contributed by atoms with Gasteiger partial charge in [-0.1, -0.05) is 0 Å². The van der Waals surface area contributed by atoms with Crippen molar-refractivity contribution < 1.29 is 0 Å². The van der Waals surface area contributed by atoms with E-state index in [2.05, 4.69) is 74.7 Å². The van der Waals surface area contributed by atoms with E-state index in [1.165, 1.54) is 38.5 Å². The van der Waals surface area contributed by atoms with Gasteiger partial charge in [-0.05, 0) is 0 Å². The van der Waals surface area contributed by atoms with E-state index in [0.29, 0.717) is 0 Å². The summed E-state index contributed by atoms with van der Waals surface area (Å²) < 4.78 is 1.97. The first-order valence-corrected chi connectivity index (χ1v) is 39.5. The van der Waals surface area contributed by atoms with Crippen LogP contribution < -0.4 is 0 Å². The molecule has 0 aromatic heterocycles. The van der Waals surface area contributed by atoms with E-state index >= 15 is 0 Å². The van der Waals surface area contributed by atoms with Crippen LogP contribution in [0.3, 0.4) is 0 Å². The van der Waals surface area contributed by atoms with Crippen molar-refractivity contribution in [1.29, 1.82) is 0 Å². The number of fused-ring (bicyclic) bond motifs is 2. The van der Waals surface area contributed by atoms with Crippen LogP contribution in [0.4, 0.5) is 0 Å². The summed E-state index contributed by atoms with van der Waals surface area (Å²) in [6.07, 6.45) is 9.11. The normalized spacial score (nSPS) is 24.8. The maximum atomic E-state index is 4.48. The number of hydrogen-bond acceptors (Lipinski definition) is 0. The second-order valence-corrected chi connectivity index (χ2v) is 57.5. The fourth-order valence-corrected chi connectivity index (χ4v) is 66.8. The zero-order chi connectivity index (χ0) is 22.4. The fraction of sp³-hybridized carbons (Fsp3) is 0.875. The molecule has 0 aromatic carbocycles. The first-order valence-electron chi connectivity index (χ1n) is 12.5. The van der Waals surface area contributed by atoms with Crippen molar-refractivity contribution in [2.75, 3.05) is 0 Å². The van der Waals surface area contributed by atoms with E-state index in [0.717, 1.165) is 23.8 Å². The number of hydrogen-bond donors (Lipinski definition) is 0. The molecule has 2 rings (SSSR count). The predicted octanol–water partition coefficient (Wildman–Crippen LogP) is 8.92. The molecule has 2 saturated heterocycles. The Balaban J connectivity index is 2.80. The molecule has 166 valence electrons. The van der Waals surface area contributed by atoms with Crippen LogP contribution in [0.5, 0.6) is 0 Å². The van der Waals surface area contributed by atoms with Gasteiger partial charge in [-0.2, -0.15) is 0 Å². The summed E-state index contributed by atoms with van der Waals surface area (Å²) in [6, 6.07) is 0. The Morgan fingerprint density at radius 2 is 1.14 bits per heavy atom. The summed E-state index contributed by atoms with van der Waals surface area (Å²) in [6.45, 7) is 17.0. The van der Waals surface area contributed by atoms with E-state index in [1.807, 2.05) is 6.80 Å².